The molecule has 2 aromatic carbocycles. The van der Waals surface area contributed by atoms with Crippen molar-refractivity contribution in [2.24, 2.45) is 5.84 Å². The summed E-state index contributed by atoms with van der Waals surface area (Å²) in [5, 5.41) is 0. The molecule has 27 heavy (non-hydrogen) atoms. The number of fused-ring (bicyclic) bond motifs is 1. The summed E-state index contributed by atoms with van der Waals surface area (Å²) in [5.41, 5.74) is 3.44. The maximum Gasteiger partial charge on any atom is 0.337 e. The zero-order valence-electron chi connectivity index (χ0n) is 14.4. The predicted octanol–water partition coefficient (Wildman–Crippen LogP) is 1.46. The van der Waals surface area contributed by atoms with E-state index >= 15 is 0 Å². The van der Waals surface area contributed by atoms with Crippen LogP contribution in [0, 0.1) is 0 Å². The van der Waals surface area contributed by atoms with Gasteiger partial charge in [0.15, 0.2) is 12.4 Å². The topological polar surface area (TPSA) is 117 Å². The Bertz CT molecular complexity index is 934. The van der Waals surface area contributed by atoms with Crippen LogP contribution in [0.1, 0.15) is 26.3 Å². The molecule has 0 saturated heterocycles. The molecule has 0 spiro atoms. The van der Waals surface area contributed by atoms with Gasteiger partial charge in [0, 0.05) is 6.07 Å². The van der Waals surface area contributed by atoms with Gasteiger partial charge in [0.2, 0.25) is 5.78 Å². The van der Waals surface area contributed by atoms with Crippen molar-refractivity contribution in [3.63, 3.8) is 0 Å². The van der Waals surface area contributed by atoms with Crippen molar-refractivity contribution in [2.45, 2.75) is 0 Å². The monoisotopic (exact) mass is 368 g/mol. The van der Waals surface area contributed by atoms with Crippen LogP contribution in [0.2, 0.25) is 0 Å². The van der Waals surface area contributed by atoms with E-state index in [4.69, 9.17) is 15.3 Å². The highest BCUT2D eigenvalue weighted by atomic mass is 16.5. The number of carbonyl (C=O) groups is 3. The minimum Gasteiger partial charge on any atom is -0.484 e. The Morgan fingerprint density at radius 3 is 2.59 bits per heavy atom. The molecule has 0 radical (unpaired) electrons. The van der Waals surface area contributed by atoms with Crippen molar-refractivity contribution in [3.05, 3.63) is 64.9 Å². The Morgan fingerprint density at radius 2 is 1.93 bits per heavy atom. The normalized spacial score (nSPS) is 13.7. The number of rotatable bonds is 5. The Balaban J connectivity index is 1.76. The zero-order valence-corrected chi connectivity index (χ0v) is 14.4. The summed E-state index contributed by atoms with van der Waals surface area (Å²) >= 11 is 0. The number of ether oxygens (including phenoxy) is 3. The van der Waals surface area contributed by atoms with E-state index in [1.807, 2.05) is 5.43 Å². The highest BCUT2D eigenvalue weighted by Crippen LogP contribution is 2.34. The van der Waals surface area contributed by atoms with E-state index in [0.717, 1.165) is 0 Å². The summed E-state index contributed by atoms with van der Waals surface area (Å²) in [7, 11) is 1.31. The second kappa shape index (κ2) is 7.71. The molecule has 1 amide bonds. The molecule has 0 atom stereocenters. The number of ketones is 1. The summed E-state index contributed by atoms with van der Waals surface area (Å²) in [6.45, 7) is -0.252. The molecule has 1 aliphatic heterocycles. The molecule has 1 aliphatic rings. The van der Waals surface area contributed by atoms with Gasteiger partial charge in [-0.25, -0.2) is 10.6 Å². The average molecular weight is 368 g/mol. The van der Waals surface area contributed by atoms with Gasteiger partial charge in [-0.3, -0.25) is 15.0 Å². The number of allylic oxidation sites excluding steroid dienone is 1. The fourth-order valence-corrected chi connectivity index (χ4v) is 2.43. The highest BCUT2D eigenvalue weighted by Gasteiger charge is 2.27. The lowest BCUT2D eigenvalue weighted by molar-refractivity contribution is -0.123. The smallest absolute Gasteiger partial charge is 0.337 e. The van der Waals surface area contributed by atoms with Gasteiger partial charge >= 0.3 is 5.97 Å². The van der Waals surface area contributed by atoms with E-state index < -0.39 is 11.9 Å². The van der Waals surface area contributed by atoms with Gasteiger partial charge in [-0.2, -0.15) is 0 Å². The van der Waals surface area contributed by atoms with Crippen LogP contribution in [0.25, 0.3) is 6.08 Å². The Hall–Kier alpha value is -3.65. The number of hydrazine groups is 1. The van der Waals surface area contributed by atoms with E-state index in [2.05, 4.69) is 4.74 Å². The molecule has 8 heteroatoms. The lowest BCUT2D eigenvalue weighted by Crippen LogP contribution is -2.34. The molecule has 138 valence electrons. The van der Waals surface area contributed by atoms with E-state index in [1.54, 1.807) is 42.5 Å². The Labute approximate surface area is 154 Å². The number of nitrogens with two attached hydrogens (primary N) is 1. The maximum absolute atomic E-state index is 12.5. The van der Waals surface area contributed by atoms with E-state index in [1.165, 1.54) is 13.2 Å². The standard InChI is InChI=1S/C19H16N2O6/c1-25-19(24)12-4-2-11(3-5-12)8-16-18(23)14-7-6-13(9-15(14)27-16)26-10-17(22)21-20/h2-9H,10,20H2,1H3,(H,21,22). The number of esters is 1. The Kier molecular flexibility index (Phi) is 5.18. The van der Waals surface area contributed by atoms with E-state index in [9.17, 15) is 14.4 Å². The van der Waals surface area contributed by atoms with Crippen LogP contribution in [0.3, 0.4) is 0 Å². The first-order valence-electron chi connectivity index (χ1n) is 7.90. The van der Waals surface area contributed by atoms with Crippen molar-refractivity contribution >= 4 is 23.7 Å². The van der Waals surface area contributed by atoms with Crippen LogP contribution >= 0.6 is 0 Å². The molecule has 0 saturated carbocycles. The summed E-state index contributed by atoms with van der Waals surface area (Å²) in [4.78, 5) is 35.0. The molecule has 2 aromatic rings. The van der Waals surface area contributed by atoms with Crippen molar-refractivity contribution in [2.75, 3.05) is 13.7 Å². The summed E-state index contributed by atoms with van der Waals surface area (Å²) in [5.74, 6) is 4.65. The van der Waals surface area contributed by atoms with Gasteiger partial charge in [0.1, 0.15) is 11.5 Å². The summed E-state index contributed by atoms with van der Waals surface area (Å²) in [6, 6.07) is 11.2. The highest BCUT2D eigenvalue weighted by molar-refractivity contribution is 6.14. The number of benzene rings is 2. The van der Waals surface area contributed by atoms with Crippen LogP contribution in [-0.2, 0) is 9.53 Å². The fourth-order valence-electron chi connectivity index (χ4n) is 2.43. The number of hydrogen-bond donors (Lipinski definition) is 2. The van der Waals surface area contributed by atoms with Gasteiger partial charge in [-0.05, 0) is 35.9 Å². The molecule has 0 unspecified atom stereocenters. The molecule has 0 bridgehead atoms. The lowest BCUT2D eigenvalue weighted by Gasteiger charge is -2.06. The third-order valence-corrected chi connectivity index (χ3v) is 3.80. The van der Waals surface area contributed by atoms with Crippen LogP contribution in [-0.4, -0.2) is 31.4 Å². The second-order valence-corrected chi connectivity index (χ2v) is 5.57. The molecule has 0 aromatic heterocycles. The summed E-state index contributed by atoms with van der Waals surface area (Å²) < 4.78 is 15.5. The van der Waals surface area contributed by atoms with Gasteiger partial charge in [-0.15, -0.1) is 0 Å². The summed E-state index contributed by atoms with van der Waals surface area (Å²) in [6.07, 6.45) is 1.58. The van der Waals surface area contributed by atoms with Crippen LogP contribution in [0.15, 0.2) is 48.2 Å². The number of methoxy groups -OCH3 is 1. The molecule has 3 rings (SSSR count). The predicted molar refractivity (Wildman–Crippen MR) is 95.0 cm³/mol. The second-order valence-electron chi connectivity index (χ2n) is 5.57. The molecule has 0 fully saturated rings. The SMILES string of the molecule is COC(=O)c1ccc(C=C2Oc3cc(OCC(=O)NN)ccc3C2=O)cc1. The number of nitrogens with one attached hydrogen (secondary N) is 1. The van der Waals surface area contributed by atoms with Crippen molar-refractivity contribution in [1.29, 1.82) is 0 Å². The third-order valence-electron chi connectivity index (χ3n) is 3.80. The van der Waals surface area contributed by atoms with Gasteiger partial charge < -0.3 is 14.2 Å². The van der Waals surface area contributed by atoms with Crippen LogP contribution in [0.5, 0.6) is 11.5 Å². The fraction of sp³-hybridized carbons (Fsp3) is 0.105. The molecular formula is C19H16N2O6. The van der Waals surface area contributed by atoms with Crippen LogP contribution < -0.4 is 20.7 Å². The molecule has 3 N–H and O–H groups in total. The van der Waals surface area contributed by atoms with E-state index in [-0.39, 0.29) is 18.1 Å². The zero-order chi connectivity index (χ0) is 19.4. The first-order chi connectivity index (χ1) is 13.0. The van der Waals surface area contributed by atoms with Crippen LogP contribution in [0.4, 0.5) is 0 Å². The van der Waals surface area contributed by atoms with Gasteiger partial charge in [-0.1, -0.05) is 12.1 Å². The molecular weight excluding hydrogens is 352 g/mol. The van der Waals surface area contributed by atoms with Gasteiger partial charge in [0.05, 0.1) is 18.2 Å². The minimum atomic E-state index is -0.483. The number of carbonyl (C=O) groups excluding carboxylic acids is 3. The number of amides is 1. The third kappa shape index (κ3) is 3.96. The maximum atomic E-state index is 12.5. The molecule has 8 nitrogen and oxygen atoms in total. The number of hydrogen-bond acceptors (Lipinski definition) is 7. The Morgan fingerprint density at radius 1 is 1.19 bits per heavy atom. The van der Waals surface area contributed by atoms with Crippen molar-refractivity contribution in [1.82, 2.24) is 5.43 Å². The van der Waals surface area contributed by atoms with E-state index in [0.29, 0.717) is 28.2 Å². The van der Waals surface area contributed by atoms with Gasteiger partial charge in [0.25, 0.3) is 5.91 Å². The largest absolute Gasteiger partial charge is 0.484 e. The van der Waals surface area contributed by atoms with Crippen molar-refractivity contribution < 1.29 is 28.6 Å². The van der Waals surface area contributed by atoms with Crippen molar-refractivity contribution in [3.8, 4) is 11.5 Å². The molecule has 1 heterocycles. The number of Topliss-reactive ketones (excluding diaryl/α,β-unsaturated/α-hetero) is 1. The first kappa shape index (κ1) is 18.2. The molecule has 0 aliphatic carbocycles. The average Bonchev–Trinajstić information content (AvgIpc) is 3.00. The lowest BCUT2D eigenvalue weighted by atomic mass is 10.1. The quantitative estimate of drug-likeness (QED) is 0.270. The minimum absolute atomic E-state index is 0.146. The first-order valence-corrected chi connectivity index (χ1v) is 7.90.